The molecule has 2 nitrogen and oxygen atoms in total. The molecule has 2 heteroatoms. The Hall–Kier alpha value is -0.340. The third-order valence-electron chi connectivity index (χ3n) is 3.17. The SMILES string of the molecule is CNC1C2C=CC(C2)C1CO. The average Bonchev–Trinajstić information content (AvgIpc) is 2.60. The second-order valence-corrected chi connectivity index (χ2v) is 3.61. The summed E-state index contributed by atoms with van der Waals surface area (Å²) in [4.78, 5) is 0. The van der Waals surface area contributed by atoms with Crippen LogP contribution in [0.1, 0.15) is 6.42 Å². The molecule has 4 unspecified atom stereocenters. The van der Waals surface area contributed by atoms with E-state index in [1.165, 1.54) is 6.42 Å². The van der Waals surface area contributed by atoms with Crippen LogP contribution in [0.2, 0.25) is 0 Å². The zero-order valence-electron chi connectivity index (χ0n) is 6.83. The summed E-state index contributed by atoms with van der Waals surface area (Å²) < 4.78 is 0. The van der Waals surface area contributed by atoms with Gasteiger partial charge < -0.3 is 10.4 Å². The first-order chi connectivity index (χ1) is 5.36. The van der Waals surface area contributed by atoms with E-state index < -0.39 is 0 Å². The van der Waals surface area contributed by atoms with Crippen molar-refractivity contribution in [3.05, 3.63) is 12.2 Å². The topological polar surface area (TPSA) is 32.3 Å². The van der Waals surface area contributed by atoms with Gasteiger partial charge in [-0.1, -0.05) is 12.2 Å². The number of rotatable bonds is 2. The van der Waals surface area contributed by atoms with Gasteiger partial charge in [0.1, 0.15) is 0 Å². The molecule has 4 atom stereocenters. The van der Waals surface area contributed by atoms with E-state index in [2.05, 4.69) is 17.5 Å². The van der Waals surface area contributed by atoms with E-state index in [1.807, 2.05) is 7.05 Å². The van der Waals surface area contributed by atoms with Crippen LogP contribution in [-0.4, -0.2) is 24.8 Å². The third kappa shape index (κ3) is 0.932. The highest BCUT2D eigenvalue weighted by Crippen LogP contribution is 2.43. The zero-order chi connectivity index (χ0) is 7.84. The van der Waals surface area contributed by atoms with Crippen molar-refractivity contribution < 1.29 is 5.11 Å². The van der Waals surface area contributed by atoms with Gasteiger partial charge in [-0.3, -0.25) is 0 Å². The Kier molecular flexibility index (Phi) is 1.74. The molecule has 2 N–H and O–H groups in total. The van der Waals surface area contributed by atoms with Crippen LogP contribution in [-0.2, 0) is 0 Å². The van der Waals surface area contributed by atoms with Crippen LogP contribution in [0, 0.1) is 17.8 Å². The standard InChI is InChI=1S/C9H15NO/c1-10-9-7-3-2-6(4-7)8(9)5-11/h2-3,6-11H,4-5H2,1H3. The van der Waals surface area contributed by atoms with Gasteiger partial charge in [0.25, 0.3) is 0 Å². The number of hydrogen-bond donors (Lipinski definition) is 2. The van der Waals surface area contributed by atoms with Gasteiger partial charge in [-0.2, -0.15) is 0 Å². The molecule has 2 bridgehead atoms. The lowest BCUT2D eigenvalue weighted by Crippen LogP contribution is -2.38. The van der Waals surface area contributed by atoms with Crippen molar-refractivity contribution in [3.63, 3.8) is 0 Å². The van der Waals surface area contributed by atoms with Gasteiger partial charge in [0, 0.05) is 18.6 Å². The Bertz CT molecular complexity index is 160. The molecular weight excluding hydrogens is 138 g/mol. The molecule has 2 aliphatic rings. The van der Waals surface area contributed by atoms with Crippen molar-refractivity contribution in [3.8, 4) is 0 Å². The van der Waals surface area contributed by atoms with E-state index in [4.69, 9.17) is 5.11 Å². The summed E-state index contributed by atoms with van der Waals surface area (Å²) >= 11 is 0. The first-order valence-electron chi connectivity index (χ1n) is 4.33. The Morgan fingerprint density at radius 3 is 2.73 bits per heavy atom. The van der Waals surface area contributed by atoms with E-state index in [-0.39, 0.29) is 0 Å². The maximum atomic E-state index is 9.12. The Morgan fingerprint density at radius 1 is 1.45 bits per heavy atom. The summed E-state index contributed by atoms with van der Waals surface area (Å²) in [7, 11) is 1.99. The van der Waals surface area contributed by atoms with Gasteiger partial charge in [-0.15, -0.1) is 0 Å². The molecule has 0 aliphatic heterocycles. The highest BCUT2D eigenvalue weighted by molar-refractivity contribution is 5.15. The number of hydrogen-bond acceptors (Lipinski definition) is 2. The maximum absolute atomic E-state index is 9.12. The van der Waals surface area contributed by atoms with Crippen molar-refractivity contribution >= 4 is 0 Å². The van der Waals surface area contributed by atoms with E-state index in [1.54, 1.807) is 0 Å². The quantitative estimate of drug-likeness (QED) is 0.562. The lowest BCUT2D eigenvalue weighted by Gasteiger charge is -2.25. The summed E-state index contributed by atoms with van der Waals surface area (Å²) in [6.45, 7) is 0.330. The second kappa shape index (κ2) is 2.61. The van der Waals surface area contributed by atoms with E-state index in [0.717, 1.165) is 0 Å². The first kappa shape index (κ1) is 7.32. The molecule has 0 saturated heterocycles. The van der Waals surface area contributed by atoms with Gasteiger partial charge in [0.05, 0.1) is 0 Å². The lowest BCUT2D eigenvalue weighted by atomic mass is 9.90. The molecular formula is C9H15NO. The summed E-state index contributed by atoms with van der Waals surface area (Å²) in [6.07, 6.45) is 5.80. The minimum atomic E-state index is 0.330. The van der Waals surface area contributed by atoms with Gasteiger partial charge in [0.2, 0.25) is 0 Å². The van der Waals surface area contributed by atoms with Crippen LogP contribution in [0.5, 0.6) is 0 Å². The monoisotopic (exact) mass is 153 g/mol. The Balaban J connectivity index is 2.15. The van der Waals surface area contributed by atoms with Crippen molar-refractivity contribution in [1.29, 1.82) is 0 Å². The summed E-state index contributed by atoms with van der Waals surface area (Å²) in [5.74, 6) is 1.79. The smallest absolute Gasteiger partial charge is 0.0480 e. The molecule has 0 spiro atoms. The zero-order valence-corrected chi connectivity index (χ0v) is 6.83. The number of allylic oxidation sites excluding steroid dienone is 1. The molecule has 0 heterocycles. The van der Waals surface area contributed by atoms with Crippen LogP contribution in [0.25, 0.3) is 0 Å². The third-order valence-corrected chi connectivity index (χ3v) is 3.17. The average molecular weight is 153 g/mol. The maximum Gasteiger partial charge on any atom is 0.0480 e. The summed E-state index contributed by atoms with van der Waals surface area (Å²) in [5, 5.41) is 12.4. The van der Waals surface area contributed by atoms with Crippen LogP contribution in [0.15, 0.2) is 12.2 Å². The molecule has 11 heavy (non-hydrogen) atoms. The van der Waals surface area contributed by atoms with E-state index in [0.29, 0.717) is 30.4 Å². The van der Waals surface area contributed by atoms with Crippen molar-refractivity contribution in [1.82, 2.24) is 5.32 Å². The van der Waals surface area contributed by atoms with Gasteiger partial charge >= 0.3 is 0 Å². The fraction of sp³-hybridized carbons (Fsp3) is 0.778. The number of aliphatic hydroxyl groups is 1. The molecule has 0 amide bonds. The van der Waals surface area contributed by atoms with Crippen LogP contribution >= 0.6 is 0 Å². The number of nitrogens with one attached hydrogen (secondary N) is 1. The minimum absolute atomic E-state index is 0.330. The highest BCUT2D eigenvalue weighted by Gasteiger charge is 2.42. The predicted molar refractivity (Wildman–Crippen MR) is 44.2 cm³/mol. The predicted octanol–water partition coefficient (Wildman–Crippen LogP) is 0.389. The molecule has 62 valence electrons. The number of fused-ring (bicyclic) bond motifs is 2. The molecule has 0 aromatic rings. The van der Waals surface area contributed by atoms with E-state index in [9.17, 15) is 0 Å². The molecule has 2 rings (SSSR count). The molecule has 0 aromatic heterocycles. The summed E-state index contributed by atoms with van der Waals surface area (Å²) in [6, 6.07) is 0.523. The molecule has 0 radical (unpaired) electrons. The fourth-order valence-electron chi connectivity index (χ4n) is 2.60. The molecule has 1 saturated carbocycles. The highest BCUT2D eigenvalue weighted by atomic mass is 16.3. The number of aliphatic hydroxyl groups excluding tert-OH is 1. The van der Waals surface area contributed by atoms with E-state index >= 15 is 0 Å². The second-order valence-electron chi connectivity index (χ2n) is 3.61. The lowest BCUT2D eigenvalue weighted by molar-refractivity contribution is 0.182. The Morgan fingerprint density at radius 2 is 2.18 bits per heavy atom. The van der Waals surface area contributed by atoms with Crippen molar-refractivity contribution in [2.75, 3.05) is 13.7 Å². The first-order valence-corrected chi connectivity index (χ1v) is 4.33. The molecule has 2 aliphatic carbocycles. The molecule has 1 fully saturated rings. The molecule has 0 aromatic carbocycles. The Labute approximate surface area is 67.3 Å². The fourth-order valence-corrected chi connectivity index (χ4v) is 2.60. The largest absolute Gasteiger partial charge is 0.396 e. The van der Waals surface area contributed by atoms with Crippen LogP contribution in [0.3, 0.4) is 0 Å². The van der Waals surface area contributed by atoms with Crippen LogP contribution in [0.4, 0.5) is 0 Å². The van der Waals surface area contributed by atoms with Gasteiger partial charge in [-0.05, 0) is 25.3 Å². The van der Waals surface area contributed by atoms with Crippen molar-refractivity contribution in [2.24, 2.45) is 17.8 Å². The minimum Gasteiger partial charge on any atom is -0.396 e. The van der Waals surface area contributed by atoms with Crippen molar-refractivity contribution in [2.45, 2.75) is 12.5 Å². The van der Waals surface area contributed by atoms with Gasteiger partial charge in [0.15, 0.2) is 0 Å². The van der Waals surface area contributed by atoms with Crippen LogP contribution < -0.4 is 5.32 Å². The van der Waals surface area contributed by atoms with Gasteiger partial charge in [-0.25, -0.2) is 0 Å². The summed E-state index contributed by atoms with van der Waals surface area (Å²) in [5.41, 5.74) is 0. The normalized spacial score (nSPS) is 47.1.